The number of nitrogens with one attached hydrogen (secondary N) is 3. The predicted octanol–water partition coefficient (Wildman–Crippen LogP) is 1.03. The van der Waals surface area contributed by atoms with Crippen molar-refractivity contribution in [3.8, 4) is 17.0 Å². The van der Waals surface area contributed by atoms with Crippen molar-refractivity contribution in [2.75, 3.05) is 27.2 Å². The number of ether oxygens (including phenoxy) is 1. The molecule has 20 heavy (non-hydrogen) atoms. The predicted molar refractivity (Wildman–Crippen MR) is 76.8 cm³/mol. The molecule has 106 valence electrons. The maximum atomic E-state index is 12.1. The summed E-state index contributed by atoms with van der Waals surface area (Å²) in [4.78, 5) is 12.1. The molecule has 0 saturated carbocycles. The molecule has 1 amide bonds. The maximum absolute atomic E-state index is 12.1. The molecule has 0 radical (unpaired) electrons. The van der Waals surface area contributed by atoms with Crippen LogP contribution < -0.4 is 15.4 Å². The van der Waals surface area contributed by atoms with Gasteiger partial charge in [0.15, 0.2) is 0 Å². The van der Waals surface area contributed by atoms with E-state index in [2.05, 4.69) is 20.8 Å². The zero-order chi connectivity index (χ0) is 14.4. The van der Waals surface area contributed by atoms with E-state index in [1.54, 1.807) is 7.11 Å². The van der Waals surface area contributed by atoms with Crippen LogP contribution in [-0.2, 0) is 0 Å². The minimum Gasteiger partial charge on any atom is -0.497 e. The van der Waals surface area contributed by atoms with Gasteiger partial charge in [0.05, 0.1) is 24.6 Å². The van der Waals surface area contributed by atoms with Gasteiger partial charge in [-0.15, -0.1) is 0 Å². The highest BCUT2D eigenvalue weighted by atomic mass is 16.5. The zero-order valence-corrected chi connectivity index (χ0v) is 11.6. The number of rotatable bonds is 6. The van der Waals surface area contributed by atoms with Gasteiger partial charge in [0, 0.05) is 18.7 Å². The number of methoxy groups -OCH3 is 1. The van der Waals surface area contributed by atoms with E-state index < -0.39 is 0 Å². The molecular formula is C14H18N4O2. The molecule has 3 N–H and O–H groups in total. The molecule has 0 aliphatic rings. The first-order chi connectivity index (χ1) is 9.76. The van der Waals surface area contributed by atoms with Gasteiger partial charge in [0.1, 0.15) is 5.75 Å². The summed E-state index contributed by atoms with van der Waals surface area (Å²) >= 11 is 0. The number of hydrogen-bond acceptors (Lipinski definition) is 4. The molecule has 0 aliphatic heterocycles. The Labute approximate surface area is 117 Å². The Bertz CT molecular complexity index is 563. The number of carbonyl (C=O) groups excluding carboxylic acids is 1. The van der Waals surface area contributed by atoms with Gasteiger partial charge in [0.25, 0.3) is 5.91 Å². The van der Waals surface area contributed by atoms with Crippen LogP contribution in [0.4, 0.5) is 0 Å². The van der Waals surface area contributed by atoms with E-state index in [1.165, 1.54) is 6.20 Å². The Hall–Kier alpha value is -2.34. The lowest BCUT2D eigenvalue weighted by Gasteiger charge is -2.06. The number of hydrogen-bond donors (Lipinski definition) is 3. The number of benzene rings is 1. The molecule has 0 saturated heterocycles. The van der Waals surface area contributed by atoms with Crippen LogP contribution in [0.3, 0.4) is 0 Å². The average Bonchev–Trinajstić information content (AvgIpc) is 2.97. The second-order valence-corrected chi connectivity index (χ2v) is 4.25. The van der Waals surface area contributed by atoms with Crippen LogP contribution in [0.25, 0.3) is 11.3 Å². The maximum Gasteiger partial charge on any atom is 0.255 e. The van der Waals surface area contributed by atoms with Gasteiger partial charge < -0.3 is 15.4 Å². The fourth-order valence-electron chi connectivity index (χ4n) is 1.83. The van der Waals surface area contributed by atoms with E-state index in [4.69, 9.17) is 4.74 Å². The highest BCUT2D eigenvalue weighted by Crippen LogP contribution is 2.23. The van der Waals surface area contributed by atoms with Crippen LogP contribution in [-0.4, -0.2) is 43.4 Å². The summed E-state index contributed by atoms with van der Waals surface area (Å²) in [5, 5.41) is 12.6. The highest BCUT2D eigenvalue weighted by molar-refractivity contribution is 5.99. The third-order valence-corrected chi connectivity index (χ3v) is 2.92. The molecular weight excluding hydrogens is 256 g/mol. The van der Waals surface area contributed by atoms with E-state index in [-0.39, 0.29) is 5.91 Å². The first-order valence-corrected chi connectivity index (χ1v) is 6.37. The van der Waals surface area contributed by atoms with Crippen molar-refractivity contribution in [3.63, 3.8) is 0 Å². The van der Waals surface area contributed by atoms with Crippen LogP contribution >= 0.6 is 0 Å². The van der Waals surface area contributed by atoms with Crippen LogP contribution in [0.1, 0.15) is 10.4 Å². The fraction of sp³-hybridized carbons (Fsp3) is 0.286. The van der Waals surface area contributed by atoms with E-state index >= 15 is 0 Å². The van der Waals surface area contributed by atoms with Gasteiger partial charge in [-0.3, -0.25) is 9.89 Å². The number of carbonyl (C=O) groups is 1. The smallest absolute Gasteiger partial charge is 0.255 e. The molecule has 0 aliphatic carbocycles. The number of aromatic amines is 1. The summed E-state index contributed by atoms with van der Waals surface area (Å²) < 4.78 is 5.12. The van der Waals surface area contributed by atoms with Gasteiger partial charge in [-0.05, 0) is 31.3 Å². The Morgan fingerprint density at radius 1 is 1.30 bits per heavy atom. The van der Waals surface area contributed by atoms with Gasteiger partial charge in [-0.2, -0.15) is 5.10 Å². The molecule has 2 aromatic rings. The monoisotopic (exact) mass is 274 g/mol. The number of H-pyrrole nitrogens is 1. The Balaban J connectivity index is 2.16. The van der Waals surface area contributed by atoms with Crippen LogP contribution in [0.5, 0.6) is 5.75 Å². The third kappa shape index (κ3) is 3.16. The molecule has 6 nitrogen and oxygen atoms in total. The molecule has 0 atom stereocenters. The Kier molecular flexibility index (Phi) is 4.73. The lowest BCUT2D eigenvalue weighted by molar-refractivity contribution is 0.0955. The quantitative estimate of drug-likeness (QED) is 0.688. The van der Waals surface area contributed by atoms with Crippen molar-refractivity contribution in [3.05, 3.63) is 36.0 Å². The SMILES string of the molecule is CNCCNC(=O)c1cn[nH]c1-c1ccc(OC)cc1. The standard InChI is InChI=1S/C14H18N4O2/c1-15-7-8-16-14(19)12-9-17-18-13(12)10-3-5-11(20-2)6-4-10/h3-6,9,15H,7-8H2,1-2H3,(H,16,19)(H,17,18). The third-order valence-electron chi connectivity index (χ3n) is 2.92. The minimum atomic E-state index is -0.139. The summed E-state index contributed by atoms with van der Waals surface area (Å²) in [6.45, 7) is 1.30. The molecule has 2 rings (SSSR count). The summed E-state index contributed by atoms with van der Waals surface area (Å²) in [5.74, 6) is 0.633. The van der Waals surface area contributed by atoms with Gasteiger partial charge in [-0.1, -0.05) is 0 Å². The van der Waals surface area contributed by atoms with E-state index in [1.807, 2.05) is 31.3 Å². The van der Waals surface area contributed by atoms with Gasteiger partial charge in [0.2, 0.25) is 0 Å². The summed E-state index contributed by atoms with van der Waals surface area (Å²) in [5.41, 5.74) is 2.13. The first kappa shape index (κ1) is 14.1. The summed E-state index contributed by atoms with van der Waals surface area (Å²) in [6.07, 6.45) is 1.54. The van der Waals surface area contributed by atoms with Gasteiger partial charge in [-0.25, -0.2) is 0 Å². The molecule has 0 spiro atoms. The summed E-state index contributed by atoms with van der Waals surface area (Å²) in [7, 11) is 3.46. The zero-order valence-electron chi connectivity index (χ0n) is 11.6. The Morgan fingerprint density at radius 2 is 2.05 bits per heavy atom. The van der Waals surface area contributed by atoms with Crippen molar-refractivity contribution >= 4 is 5.91 Å². The number of aromatic nitrogens is 2. The summed E-state index contributed by atoms with van der Waals surface area (Å²) in [6, 6.07) is 7.46. The van der Waals surface area contributed by atoms with E-state index in [0.29, 0.717) is 17.8 Å². The second kappa shape index (κ2) is 6.72. The van der Waals surface area contributed by atoms with Crippen LogP contribution in [0.15, 0.2) is 30.5 Å². The van der Waals surface area contributed by atoms with Gasteiger partial charge >= 0.3 is 0 Å². The highest BCUT2D eigenvalue weighted by Gasteiger charge is 2.14. The van der Waals surface area contributed by atoms with Crippen molar-refractivity contribution in [1.82, 2.24) is 20.8 Å². The minimum absolute atomic E-state index is 0.139. The molecule has 6 heteroatoms. The fourth-order valence-corrected chi connectivity index (χ4v) is 1.83. The second-order valence-electron chi connectivity index (χ2n) is 4.25. The molecule has 0 bridgehead atoms. The molecule has 1 aromatic heterocycles. The number of likely N-dealkylation sites (N-methyl/N-ethyl adjacent to an activating group) is 1. The van der Waals surface area contributed by atoms with Crippen LogP contribution in [0, 0.1) is 0 Å². The lowest BCUT2D eigenvalue weighted by atomic mass is 10.1. The lowest BCUT2D eigenvalue weighted by Crippen LogP contribution is -2.30. The molecule has 0 unspecified atom stereocenters. The van der Waals surface area contributed by atoms with Crippen molar-refractivity contribution in [2.24, 2.45) is 0 Å². The largest absolute Gasteiger partial charge is 0.497 e. The number of nitrogens with zero attached hydrogens (tertiary/aromatic N) is 1. The Morgan fingerprint density at radius 3 is 2.70 bits per heavy atom. The first-order valence-electron chi connectivity index (χ1n) is 6.37. The van der Waals surface area contributed by atoms with Crippen LogP contribution in [0.2, 0.25) is 0 Å². The molecule has 1 heterocycles. The average molecular weight is 274 g/mol. The number of amides is 1. The van der Waals surface area contributed by atoms with E-state index in [9.17, 15) is 4.79 Å². The molecule has 0 fully saturated rings. The van der Waals surface area contributed by atoms with Crippen molar-refractivity contribution in [1.29, 1.82) is 0 Å². The topological polar surface area (TPSA) is 79.0 Å². The van der Waals surface area contributed by atoms with Crippen molar-refractivity contribution in [2.45, 2.75) is 0 Å². The van der Waals surface area contributed by atoms with Crippen molar-refractivity contribution < 1.29 is 9.53 Å². The normalized spacial score (nSPS) is 10.3. The molecule has 1 aromatic carbocycles. The van der Waals surface area contributed by atoms with E-state index in [0.717, 1.165) is 17.9 Å².